The van der Waals surface area contributed by atoms with Crippen LogP contribution in [-0.4, -0.2) is 12.2 Å². The third kappa shape index (κ3) is 3.70. The van der Waals surface area contributed by atoms with Gasteiger partial charge in [0.1, 0.15) is 0 Å². The minimum absolute atomic E-state index is 0.113. The number of rotatable bonds is 4. The predicted octanol–water partition coefficient (Wildman–Crippen LogP) is 2.69. The van der Waals surface area contributed by atoms with E-state index in [0.717, 1.165) is 0 Å². The molecule has 0 atom stereocenters. The van der Waals surface area contributed by atoms with Crippen LogP contribution in [-0.2, 0) is 4.79 Å². The van der Waals surface area contributed by atoms with Crippen molar-refractivity contribution in [2.45, 2.75) is 0 Å². The molecule has 1 rings (SSSR count). The first kappa shape index (κ1) is 13.4. The number of hydrogen-bond donors (Lipinski definition) is 2. The highest BCUT2D eigenvalue weighted by Crippen LogP contribution is 2.23. The summed E-state index contributed by atoms with van der Waals surface area (Å²) in [5.74, 6) is -0.751. The van der Waals surface area contributed by atoms with Crippen LogP contribution in [0, 0.1) is 6.57 Å². The van der Waals surface area contributed by atoms with Crippen LogP contribution in [0.25, 0.3) is 4.85 Å². The van der Waals surface area contributed by atoms with Crippen molar-refractivity contribution < 1.29 is 4.79 Å². The Labute approximate surface area is 109 Å². The molecule has 0 spiro atoms. The minimum atomic E-state index is -0.751. The number of halogens is 1. The summed E-state index contributed by atoms with van der Waals surface area (Å²) in [6, 6.07) is 6.98. The molecule has 0 saturated heterocycles. The molecule has 1 amide bonds. The lowest BCUT2D eigenvalue weighted by molar-refractivity contribution is -0.114. The summed E-state index contributed by atoms with van der Waals surface area (Å²) in [6.45, 7) is 6.92. The van der Waals surface area contributed by atoms with Crippen LogP contribution in [0.2, 0.25) is 5.02 Å². The number of anilines is 1. The zero-order chi connectivity index (χ0) is 12.8. The number of carbonyl (C=O) groups excluding carboxylic acids is 1. The van der Waals surface area contributed by atoms with Crippen molar-refractivity contribution in [1.82, 2.24) is 0 Å². The van der Waals surface area contributed by atoms with Crippen LogP contribution < -0.4 is 11.1 Å². The van der Waals surface area contributed by atoms with E-state index < -0.39 is 5.91 Å². The van der Waals surface area contributed by atoms with Crippen LogP contribution in [0.4, 0.5) is 5.69 Å². The van der Waals surface area contributed by atoms with Crippen LogP contribution in [0.1, 0.15) is 0 Å². The normalized spacial score (nSPS) is 11.4. The molecule has 1 aromatic carbocycles. The standard InChI is InChI=1S/C11H10ClN3OS/c1-14-9(10(13)16)11(17-2)15-8-5-3-4-7(12)6-8/h3-6,15H,2H3,(H2,13,16)/b11-9+. The largest absolute Gasteiger partial charge is 0.375 e. The van der Waals surface area contributed by atoms with Gasteiger partial charge in [-0.25, -0.2) is 4.85 Å². The molecule has 0 fully saturated rings. The van der Waals surface area contributed by atoms with E-state index >= 15 is 0 Å². The highest BCUT2D eigenvalue weighted by molar-refractivity contribution is 8.02. The van der Waals surface area contributed by atoms with Crippen LogP contribution >= 0.6 is 23.4 Å². The smallest absolute Gasteiger partial charge is 0.278 e. The summed E-state index contributed by atoms with van der Waals surface area (Å²) in [5.41, 5.74) is 5.70. The van der Waals surface area contributed by atoms with E-state index in [0.29, 0.717) is 15.7 Å². The summed E-state index contributed by atoms with van der Waals surface area (Å²) in [7, 11) is 0. The van der Waals surface area contributed by atoms with Gasteiger partial charge in [0.05, 0.1) is 11.6 Å². The maximum atomic E-state index is 11.1. The zero-order valence-electron chi connectivity index (χ0n) is 9.03. The van der Waals surface area contributed by atoms with Crippen LogP contribution in [0.3, 0.4) is 0 Å². The fourth-order valence-electron chi connectivity index (χ4n) is 1.12. The van der Waals surface area contributed by atoms with Gasteiger partial charge in [-0.1, -0.05) is 17.7 Å². The molecule has 0 unspecified atom stereocenters. The number of nitrogens with two attached hydrogens (primary N) is 1. The second-order valence-corrected chi connectivity index (χ2v) is 4.25. The number of hydrogen-bond acceptors (Lipinski definition) is 3. The highest BCUT2D eigenvalue weighted by Gasteiger charge is 2.12. The van der Waals surface area contributed by atoms with Gasteiger partial charge in [-0.15, -0.1) is 11.8 Å². The molecule has 6 heteroatoms. The van der Waals surface area contributed by atoms with E-state index in [1.54, 1.807) is 30.5 Å². The van der Waals surface area contributed by atoms with Gasteiger partial charge in [-0.05, 0) is 24.5 Å². The average molecular weight is 268 g/mol. The molecular weight excluding hydrogens is 258 g/mol. The Balaban J connectivity index is 3.06. The van der Waals surface area contributed by atoms with Crippen molar-refractivity contribution in [3.8, 4) is 0 Å². The van der Waals surface area contributed by atoms with Gasteiger partial charge in [-0.3, -0.25) is 4.79 Å². The Morgan fingerprint density at radius 1 is 1.59 bits per heavy atom. The third-order valence-corrected chi connectivity index (χ3v) is 2.79. The molecule has 0 aliphatic heterocycles. The number of carbonyl (C=O) groups is 1. The van der Waals surface area contributed by atoms with Gasteiger partial charge in [0, 0.05) is 10.7 Å². The van der Waals surface area contributed by atoms with Crippen molar-refractivity contribution in [1.29, 1.82) is 0 Å². The number of benzene rings is 1. The summed E-state index contributed by atoms with van der Waals surface area (Å²) in [5, 5.41) is 3.93. The van der Waals surface area contributed by atoms with Gasteiger partial charge in [0.15, 0.2) is 0 Å². The molecule has 0 aliphatic rings. The van der Waals surface area contributed by atoms with Crippen molar-refractivity contribution in [2.24, 2.45) is 5.73 Å². The number of thioether (sulfide) groups is 1. The molecule has 3 N–H and O–H groups in total. The molecular formula is C11H10ClN3OS. The van der Waals surface area contributed by atoms with Gasteiger partial charge < -0.3 is 11.1 Å². The Hall–Kier alpha value is -1.64. The lowest BCUT2D eigenvalue weighted by atomic mass is 10.3. The SMILES string of the molecule is [C-]#[N+]/C(C(N)=O)=C(\Nc1cccc(Cl)c1)SC. The van der Waals surface area contributed by atoms with E-state index in [-0.39, 0.29) is 5.70 Å². The summed E-state index contributed by atoms with van der Waals surface area (Å²) in [4.78, 5) is 14.2. The zero-order valence-corrected chi connectivity index (χ0v) is 10.6. The number of primary amides is 1. The first-order valence-electron chi connectivity index (χ1n) is 4.56. The Bertz CT molecular complexity index is 508. The Morgan fingerprint density at radius 3 is 2.76 bits per heavy atom. The molecule has 88 valence electrons. The molecule has 0 heterocycles. The molecule has 1 aromatic rings. The predicted molar refractivity (Wildman–Crippen MR) is 71.4 cm³/mol. The summed E-state index contributed by atoms with van der Waals surface area (Å²) >= 11 is 7.07. The van der Waals surface area contributed by atoms with Gasteiger partial charge in [-0.2, -0.15) is 0 Å². The van der Waals surface area contributed by atoms with E-state index in [9.17, 15) is 4.79 Å². The van der Waals surface area contributed by atoms with Gasteiger partial charge in [0.25, 0.3) is 5.70 Å². The first-order valence-corrected chi connectivity index (χ1v) is 6.17. The minimum Gasteiger partial charge on any atom is -0.375 e. The Kier molecular flexibility index (Phi) is 4.88. The second-order valence-electron chi connectivity index (χ2n) is 2.99. The summed E-state index contributed by atoms with van der Waals surface area (Å²) in [6.07, 6.45) is 1.75. The van der Waals surface area contributed by atoms with Crippen molar-refractivity contribution in [2.75, 3.05) is 11.6 Å². The Morgan fingerprint density at radius 2 is 2.29 bits per heavy atom. The van der Waals surface area contributed by atoms with Crippen LogP contribution in [0.15, 0.2) is 35.0 Å². The molecule has 0 saturated carbocycles. The molecule has 0 bridgehead atoms. The van der Waals surface area contributed by atoms with Crippen LogP contribution in [0.5, 0.6) is 0 Å². The monoisotopic (exact) mass is 267 g/mol. The van der Waals surface area contributed by atoms with Crippen molar-refractivity contribution in [3.05, 3.63) is 51.4 Å². The van der Waals surface area contributed by atoms with E-state index in [1.807, 2.05) is 0 Å². The maximum absolute atomic E-state index is 11.1. The molecule has 0 aromatic heterocycles. The average Bonchev–Trinajstić information content (AvgIpc) is 2.28. The number of nitrogens with one attached hydrogen (secondary N) is 1. The lowest BCUT2D eigenvalue weighted by Gasteiger charge is -2.10. The molecule has 0 radical (unpaired) electrons. The topological polar surface area (TPSA) is 59.5 Å². The van der Waals surface area contributed by atoms with E-state index in [4.69, 9.17) is 23.9 Å². The fraction of sp³-hybridized carbons (Fsp3) is 0.0909. The first-order chi connectivity index (χ1) is 8.08. The quantitative estimate of drug-likeness (QED) is 0.651. The molecule has 17 heavy (non-hydrogen) atoms. The lowest BCUT2D eigenvalue weighted by Crippen LogP contribution is -2.15. The maximum Gasteiger partial charge on any atom is 0.278 e. The van der Waals surface area contributed by atoms with Crippen molar-refractivity contribution >= 4 is 35.0 Å². The second kappa shape index (κ2) is 6.18. The third-order valence-electron chi connectivity index (χ3n) is 1.85. The van der Waals surface area contributed by atoms with Gasteiger partial charge >= 0.3 is 0 Å². The highest BCUT2D eigenvalue weighted by atomic mass is 35.5. The molecule has 0 aliphatic carbocycles. The fourth-order valence-corrected chi connectivity index (χ4v) is 1.87. The molecule has 4 nitrogen and oxygen atoms in total. The number of nitrogens with zero attached hydrogens (tertiary/aromatic N) is 1. The van der Waals surface area contributed by atoms with Gasteiger partial charge in [0.2, 0.25) is 5.91 Å². The van der Waals surface area contributed by atoms with E-state index in [1.165, 1.54) is 11.8 Å². The van der Waals surface area contributed by atoms with E-state index in [2.05, 4.69) is 10.2 Å². The van der Waals surface area contributed by atoms with Crippen molar-refractivity contribution in [3.63, 3.8) is 0 Å². The summed E-state index contributed by atoms with van der Waals surface area (Å²) < 4.78 is 0. The number of amides is 1.